The second-order valence-corrected chi connectivity index (χ2v) is 12.6. The van der Waals surface area contributed by atoms with Crippen molar-refractivity contribution < 1.29 is 4.79 Å². The molecule has 1 saturated heterocycles. The molecule has 0 bridgehead atoms. The number of amidine groups is 1. The van der Waals surface area contributed by atoms with Gasteiger partial charge in [-0.3, -0.25) is 9.79 Å². The zero-order valence-electron chi connectivity index (χ0n) is 25.5. The van der Waals surface area contributed by atoms with Gasteiger partial charge in [-0.1, -0.05) is 43.5 Å². The fraction of sp³-hybridized carbons (Fsp3) is 0.647. The van der Waals surface area contributed by atoms with Gasteiger partial charge in [-0.2, -0.15) is 0 Å². The van der Waals surface area contributed by atoms with Crippen LogP contribution in [0.3, 0.4) is 0 Å². The summed E-state index contributed by atoms with van der Waals surface area (Å²) in [5.41, 5.74) is 6.43. The first kappa shape index (κ1) is 29.8. The van der Waals surface area contributed by atoms with E-state index in [1.807, 2.05) is 0 Å². The lowest BCUT2D eigenvalue weighted by Gasteiger charge is -2.38. The van der Waals surface area contributed by atoms with Crippen LogP contribution in [0.2, 0.25) is 0 Å². The summed E-state index contributed by atoms with van der Waals surface area (Å²) in [6.45, 7) is 11.7. The third-order valence-electron chi connectivity index (χ3n) is 9.10. The van der Waals surface area contributed by atoms with Gasteiger partial charge in [-0.05, 0) is 88.2 Å². The minimum Gasteiger partial charge on any atom is -0.368 e. The fourth-order valence-corrected chi connectivity index (χ4v) is 6.33. The van der Waals surface area contributed by atoms with Crippen molar-refractivity contribution in [2.75, 3.05) is 39.3 Å². The predicted molar refractivity (Wildman–Crippen MR) is 168 cm³/mol. The summed E-state index contributed by atoms with van der Waals surface area (Å²) in [6.07, 6.45) is 14.5. The molecule has 3 fully saturated rings. The van der Waals surface area contributed by atoms with Crippen molar-refractivity contribution in [2.24, 2.45) is 10.9 Å². The summed E-state index contributed by atoms with van der Waals surface area (Å²) in [4.78, 5) is 21.9. The van der Waals surface area contributed by atoms with E-state index in [1.165, 1.54) is 60.9 Å². The van der Waals surface area contributed by atoms with Crippen molar-refractivity contribution in [3.63, 3.8) is 0 Å². The molecule has 2 aliphatic carbocycles. The molecule has 3 N–H and O–H groups in total. The van der Waals surface area contributed by atoms with Crippen molar-refractivity contribution in [3.05, 3.63) is 58.4 Å². The van der Waals surface area contributed by atoms with Gasteiger partial charge < -0.3 is 25.8 Å². The molecule has 2 aliphatic heterocycles. The molecule has 7 nitrogen and oxygen atoms in total. The number of aliphatic imine (C=N–C) groups is 1. The van der Waals surface area contributed by atoms with E-state index in [-0.39, 0.29) is 0 Å². The molecule has 0 radical (unpaired) electrons. The SMILES string of the molecule is CC1=C/C(N2CCN(C(=O)C3CC3)CC2)=C(/C)CCC(=NCc2ccc(CNCCCNC3CCCCC3)cc2)N1. The van der Waals surface area contributed by atoms with Crippen LogP contribution in [0.1, 0.15) is 89.2 Å². The van der Waals surface area contributed by atoms with Crippen LogP contribution in [0.4, 0.5) is 0 Å². The topological polar surface area (TPSA) is 72.0 Å². The second kappa shape index (κ2) is 15.0. The first-order chi connectivity index (χ1) is 20.0. The molecule has 1 aromatic rings. The van der Waals surface area contributed by atoms with E-state index in [4.69, 9.17) is 4.99 Å². The summed E-state index contributed by atoms with van der Waals surface area (Å²) in [6, 6.07) is 9.65. The summed E-state index contributed by atoms with van der Waals surface area (Å²) in [5.74, 6) is 1.75. The Bertz CT molecular complexity index is 1090. The standard InChI is InChI=1S/C34H52N6O/c1-26-9-16-33(38-27(2)23-32(26)39-19-21-40(22-20-39)34(41)30-14-15-30)37-25-29-12-10-28(11-13-29)24-35-17-6-18-36-31-7-4-3-5-8-31/h10-13,23,30-31,35-36H,3-9,14-22,24-25H2,1-2H3,(H,37,38)/b27-23?,32-26+. The molecular formula is C34H52N6O. The third kappa shape index (κ3) is 9.17. The van der Waals surface area contributed by atoms with Crippen LogP contribution in [-0.2, 0) is 17.9 Å². The Kier molecular flexibility index (Phi) is 10.9. The number of amides is 1. The summed E-state index contributed by atoms with van der Waals surface area (Å²) in [7, 11) is 0. The van der Waals surface area contributed by atoms with E-state index < -0.39 is 0 Å². The van der Waals surface area contributed by atoms with Gasteiger partial charge in [0.25, 0.3) is 0 Å². The lowest BCUT2D eigenvalue weighted by Crippen LogP contribution is -2.48. The lowest BCUT2D eigenvalue weighted by molar-refractivity contribution is -0.134. The van der Waals surface area contributed by atoms with E-state index in [9.17, 15) is 4.79 Å². The normalized spacial score (nSPS) is 23.7. The average molecular weight is 561 g/mol. The van der Waals surface area contributed by atoms with Crippen LogP contribution >= 0.6 is 0 Å². The number of hydrogen-bond acceptors (Lipinski definition) is 5. The molecule has 0 aromatic heterocycles. The highest BCUT2D eigenvalue weighted by Gasteiger charge is 2.34. The molecule has 4 aliphatic rings. The van der Waals surface area contributed by atoms with Crippen LogP contribution < -0.4 is 16.0 Å². The number of carbonyl (C=O) groups excluding carboxylic acids is 1. The third-order valence-corrected chi connectivity index (χ3v) is 9.10. The zero-order chi connectivity index (χ0) is 28.4. The molecule has 1 amide bonds. The van der Waals surface area contributed by atoms with E-state index in [2.05, 4.69) is 69.9 Å². The van der Waals surface area contributed by atoms with Crippen LogP contribution in [0.5, 0.6) is 0 Å². The highest BCUT2D eigenvalue weighted by molar-refractivity contribution is 5.84. The summed E-state index contributed by atoms with van der Waals surface area (Å²) >= 11 is 0. The van der Waals surface area contributed by atoms with E-state index in [0.29, 0.717) is 18.4 Å². The summed E-state index contributed by atoms with van der Waals surface area (Å²) in [5, 5.41) is 10.9. The highest BCUT2D eigenvalue weighted by Crippen LogP contribution is 2.31. The quantitative estimate of drug-likeness (QED) is 0.329. The predicted octanol–water partition coefficient (Wildman–Crippen LogP) is 5.10. The Labute approximate surface area is 247 Å². The van der Waals surface area contributed by atoms with Crippen molar-refractivity contribution in [3.8, 4) is 0 Å². The number of nitrogens with zero attached hydrogens (tertiary/aromatic N) is 3. The number of allylic oxidation sites excluding steroid dienone is 3. The molecule has 224 valence electrons. The summed E-state index contributed by atoms with van der Waals surface area (Å²) < 4.78 is 0. The smallest absolute Gasteiger partial charge is 0.225 e. The molecule has 5 rings (SSSR count). The fourth-order valence-electron chi connectivity index (χ4n) is 6.33. The van der Waals surface area contributed by atoms with Crippen LogP contribution in [0.25, 0.3) is 0 Å². The Morgan fingerprint density at radius 1 is 0.927 bits per heavy atom. The van der Waals surface area contributed by atoms with Gasteiger partial charge in [-0.15, -0.1) is 0 Å². The number of piperazine rings is 1. The van der Waals surface area contributed by atoms with Crippen LogP contribution in [0.15, 0.2) is 52.3 Å². The zero-order valence-corrected chi connectivity index (χ0v) is 25.5. The van der Waals surface area contributed by atoms with E-state index in [1.54, 1.807) is 0 Å². The number of nitrogens with one attached hydrogen (secondary N) is 3. The minimum atomic E-state index is 0.316. The molecule has 2 saturated carbocycles. The van der Waals surface area contributed by atoms with Gasteiger partial charge in [0.1, 0.15) is 5.84 Å². The van der Waals surface area contributed by atoms with Crippen molar-refractivity contribution >= 4 is 11.7 Å². The molecule has 41 heavy (non-hydrogen) atoms. The first-order valence-corrected chi connectivity index (χ1v) is 16.3. The Hall–Kier alpha value is -2.64. The average Bonchev–Trinajstić information content (AvgIpc) is 3.85. The van der Waals surface area contributed by atoms with E-state index in [0.717, 1.165) is 89.1 Å². The maximum absolute atomic E-state index is 12.4. The van der Waals surface area contributed by atoms with Crippen molar-refractivity contribution in [1.29, 1.82) is 0 Å². The molecule has 2 heterocycles. The second-order valence-electron chi connectivity index (χ2n) is 12.6. The van der Waals surface area contributed by atoms with Crippen molar-refractivity contribution in [2.45, 2.75) is 97.2 Å². The van der Waals surface area contributed by atoms with Crippen molar-refractivity contribution in [1.82, 2.24) is 25.8 Å². The molecule has 0 atom stereocenters. The number of benzene rings is 1. The molecule has 1 aromatic carbocycles. The van der Waals surface area contributed by atoms with Crippen LogP contribution in [-0.4, -0.2) is 66.9 Å². The molecular weight excluding hydrogens is 508 g/mol. The van der Waals surface area contributed by atoms with Gasteiger partial charge in [-0.25, -0.2) is 0 Å². The van der Waals surface area contributed by atoms with E-state index >= 15 is 0 Å². The van der Waals surface area contributed by atoms with Gasteiger partial charge >= 0.3 is 0 Å². The van der Waals surface area contributed by atoms with Gasteiger partial charge in [0.05, 0.1) is 6.54 Å². The number of rotatable bonds is 11. The number of carbonyl (C=O) groups is 1. The molecule has 0 unspecified atom stereocenters. The Morgan fingerprint density at radius 2 is 1.66 bits per heavy atom. The lowest BCUT2D eigenvalue weighted by atomic mass is 9.95. The monoisotopic (exact) mass is 560 g/mol. The maximum atomic E-state index is 12.4. The highest BCUT2D eigenvalue weighted by atomic mass is 16.2. The van der Waals surface area contributed by atoms with Gasteiger partial charge in [0.15, 0.2) is 0 Å². The molecule has 7 heteroatoms. The van der Waals surface area contributed by atoms with Crippen LogP contribution in [0, 0.1) is 5.92 Å². The van der Waals surface area contributed by atoms with Gasteiger partial charge in [0.2, 0.25) is 5.91 Å². The number of hydrogen-bond donors (Lipinski definition) is 3. The Balaban J connectivity index is 1.03. The van der Waals surface area contributed by atoms with Gasteiger partial charge in [0, 0.05) is 62.5 Å². The molecule has 0 spiro atoms. The maximum Gasteiger partial charge on any atom is 0.225 e. The minimum absolute atomic E-state index is 0.316. The first-order valence-electron chi connectivity index (χ1n) is 16.3. The Morgan fingerprint density at radius 3 is 2.39 bits per heavy atom. The largest absolute Gasteiger partial charge is 0.368 e.